The maximum absolute atomic E-state index is 13.0. The molecular weight excluding hydrogens is 402 g/mol. The van der Waals surface area contributed by atoms with E-state index >= 15 is 0 Å². The molecule has 1 N–H and O–H groups in total. The van der Waals surface area contributed by atoms with Gasteiger partial charge in [-0.25, -0.2) is 0 Å². The smallest absolute Gasteiger partial charge is 0.260 e. The Morgan fingerprint density at radius 3 is 2.44 bits per heavy atom. The van der Waals surface area contributed by atoms with E-state index < -0.39 is 0 Å². The number of piperidine rings is 1. The Bertz CT molecular complexity index is 949. The topological polar surface area (TPSA) is 71.5 Å². The molecule has 164 valence electrons. The average Bonchev–Trinajstić information content (AvgIpc) is 2.87. The summed E-state index contributed by atoms with van der Waals surface area (Å²) in [7, 11) is 0. The van der Waals surface area contributed by atoms with Gasteiger partial charge in [0, 0.05) is 37.9 Å². The number of para-hydroxylation sites is 1. The summed E-state index contributed by atoms with van der Waals surface area (Å²) >= 11 is 0. The van der Waals surface area contributed by atoms with Crippen molar-refractivity contribution in [2.75, 3.05) is 19.7 Å². The van der Waals surface area contributed by atoms with Crippen molar-refractivity contribution in [1.82, 2.24) is 15.2 Å². The number of nitrogens with one attached hydrogen (secondary N) is 1. The van der Waals surface area contributed by atoms with Gasteiger partial charge in [0.1, 0.15) is 5.75 Å². The summed E-state index contributed by atoms with van der Waals surface area (Å²) in [5, 5.41) is 3.01. The highest BCUT2D eigenvalue weighted by molar-refractivity contribution is 5.82. The van der Waals surface area contributed by atoms with Gasteiger partial charge in [-0.2, -0.15) is 0 Å². The molecule has 2 heterocycles. The van der Waals surface area contributed by atoms with Gasteiger partial charge < -0.3 is 15.0 Å². The van der Waals surface area contributed by atoms with Gasteiger partial charge in [-0.05, 0) is 35.7 Å². The van der Waals surface area contributed by atoms with Crippen LogP contribution in [0.4, 0.5) is 0 Å². The Hall–Kier alpha value is -3.67. The molecule has 0 spiro atoms. The van der Waals surface area contributed by atoms with Gasteiger partial charge in [0.15, 0.2) is 6.61 Å². The molecular formula is C26H27N3O3. The molecule has 1 saturated heterocycles. The average molecular weight is 430 g/mol. The van der Waals surface area contributed by atoms with Crippen molar-refractivity contribution in [3.63, 3.8) is 0 Å². The fraction of sp³-hybridized carbons (Fsp3) is 0.269. The van der Waals surface area contributed by atoms with Gasteiger partial charge in [0.2, 0.25) is 5.91 Å². The van der Waals surface area contributed by atoms with Crippen molar-refractivity contribution < 1.29 is 14.3 Å². The highest BCUT2D eigenvalue weighted by Crippen LogP contribution is 2.30. The standard InChI is InChI=1S/C26H27N3O3/c30-25(19-32-24-11-5-2-6-12-24)29-17-22(21-9-3-1-4-10-21)14-23(18-29)26(31)28-16-20-8-7-13-27-15-20/h1-13,15,22-23H,14,16-19H2,(H,28,31)/t22-,23+/m1/s1. The summed E-state index contributed by atoms with van der Waals surface area (Å²) < 4.78 is 5.66. The number of hydrogen-bond acceptors (Lipinski definition) is 4. The zero-order valence-corrected chi connectivity index (χ0v) is 17.9. The van der Waals surface area contributed by atoms with E-state index in [0.717, 1.165) is 11.1 Å². The third-order valence-corrected chi connectivity index (χ3v) is 5.74. The fourth-order valence-corrected chi connectivity index (χ4v) is 4.05. The van der Waals surface area contributed by atoms with Crippen molar-refractivity contribution in [2.24, 2.45) is 5.92 Å². The molecule has 6 nitrogen and oxygen atoms in total. The Labute approximate surface area is 188 Å². The van der Waals surface area contributed by atoms with E-state index in [1.54, 1.807) is 17.3 Å². The molecule has 0 unspecified atom stereocenters. The quantitative estimate of drug-likeness (QED) is 0.625. The van der Waals surface area contributed by atoms with Crippen LogP contribution in [0, 0.1) is 5.92 Å². The van der Waals surface area contributed by atoms with Crippen molar-refractivity contribution >= 4 is 11.8 Å². The van der Waals surface area contributed by atoms with Crippen LogP contribution in [0.25, 0.3) is 0 Å². The minimum Gasteiger partial charge on any atom is -0.484 e. The molecule has 0 bridgehead atoms. The second-order valence-corrected chi connectivity index (χ2v) is 8.02. The molecule has 1 aromatic heterocycles. The number of aromatic nitrogens is 1. The summed E-state index contributed by atoms with van der Waals surface area (Å²) in [4.78, 5) is 31.8. The number of pyridine rings is 1. The number of carbonyl (C=O) groups excluding carboxylic acids is 2. The summed E-state index contributed by atoms with van der Waals surface area (Å²) in [6.45, 7) is 1.34. The van der Waals surface area contributed by atoms with E-state index in [4.69, 9.17) is 4.74 Å². The van der Waals surface area contributed by atoms with Gasteiger partial charge in [0.25, 0.3) is 5.91 Å². The van der Waals surface area contributed by atoms with E-state index in [1.165, 1.54) is 0 Å². The summed E-state index contributed by atoms with van der Waals surface area (Å²) in [5.74, 6) is 0.310. The molecule has 2 atom stereocenters. The SMILES string of the molecule is O=C(NCc1cccnc1)[C@H]1C[C@@H](c2ccccc2)CN(C(=O)COc2ccccc2)C1. The van der Waals surface area contributed by atoms with Crippen LogP contribution in [0.5, 0.6) is 5.75 Å². The van der Waals surface area contributed by atoms with Crippen LogP contribution in [0.2, 0.25) is 0 Å². The summed E-state index contributed by atoms with van der Waals surface area (Å²) in [6.07, 6.45) is 4.15. The first-order valence-electron chi connectivity index (χ1n) is 10.9. The lowest BCUT2D eigenvalue weighted by atomic mass is 9.84. The predicted octanol–water partition coefficient (Wildman–Crippen LogP) is 3.41. The van der Waals surface area contributed by atoms with Gasteiger partial charge in [-0.1, -0.05) is 54.6 Å². The largest absolute Gasteiger partial charge is 0.484 e. The zero-order valence-electron chi connectivity index (χ0n) is 17.9. The third-order valence-electron chi connectivity index (χ3n) is 5.74. The van der Waals surface area contributed by atoms with Crippen LogP contribution < -0.4 is 10.1 Å². The lowest BCUT2D eigenvalue weighted by molar-refractivity contribution is -0.138. The second-order valence-electron chi connectivity index (χ2n) is 8.02. The Kier molecular flexibility index (Phi) is 7.12. The first-order chi connectivity index (χ1) is 15.7. The van der Waals surface area contributed by atoms with E-state index in [0.29, 0.717) is 31.8 Å². The van der Waals surface area contributed by atoms with Crippen LogP contribution in [-0.2, 0) is 16.1 Å². The van der Waals surface area contributed by atoms with Gasteiger partial charge in [0.05, 0.1) is 5.92 Å². The van der Waals surface area contributed by atoms with E-state index in [1.807, 2.05) is 60.7 Å². The summed E-state index contributed by atoms with van der Waals surface area (Å²) in [6, 6.07) is 23.1. The maximum Gasteiger partial charge on any atom is 0.260 e. The van der Waals surface area contributed by atoms with Crippen molar-refractivity contribution in [3.05, 3.63) is 96.3 Å². The monoisotopic (exact) mass is 429 g/mol. The molecule has 2 amide bonds. The van der Waals surface area contributed by atoms with Crippen LogP contribution in [0.1, 0.15) is 23.5 Å². The van der Waals surface area contributed by atoms with E-state index in [9.17, 15) is 9.59 Å². The predicted molar refractivity (Wildman–Crippen MR) is 122 cm³/mol. The third kappa shape index (κ3) is 5.72. The first kappa shape index (κ1) is 21.6. The molecule has 0 radical (unpaired) electrons. The number of amides is 2. The van der Waals surface area contributed by atoms with Gasteiger partial charge >= 0.3 is 0 Å². The molecule has 2 aromatic carbocycles. The molecule has 3 aromatic rings. The van der Waals surface area contributed by atoms with Crippen molar-refractivity contribution in [1.29, 1.82) is 0 Å². The highest BCUT2D eigenvalue weighted by Gasteiger charge is 2.34. The number of rotatable bonds is 7. The maximum atomic E-state index is 13.0. The minimum atomic E-state index is -0.286. The first-order valence-corrected chi connectivity index (χ1v) is 10.9. The molecule has 1 aliphatic heterocycles. The van der Waals surface area contributed by atoms with Crippen LogP contribution in [-0.4, -0.2) is 41.4 Å². The van der Waals surface area contributed by atoms with Crippen molar-refractivity contribution in [2.45, 2.75) is 18.9 Å². The van der Waals surface area contributed by atoms with Crippen molar-refractivity contribution in [3.8, 4) is 5.75 Å². The number of carbonyl (C=O) groups is 2. The molecule has 6 heteroatoms. The Balaban J connectivity index is 1.43. The Morgan fingerprint density at radius 2 is 1.72 bits per heavy atom. The lowest BCUT2D eigenvalue weighted by Gasteiger charge is -2.37. The number of nitrogens with zero attached hydrogens (tertiary/aromatic N) is 2. The van der Waals surface area contributed by atoms with Crippen LogP contribution in [0.15, 0.2) is 85.2 Å². The van der Waals surface area contributed by atoms with Gasteiger partial charge in [-0.3, -0.25) is 14.6 Å². The minimum absolute atomic E-state index is 0.0451. The lowest BCUT2D eigenvalue weighted by Crippen LogP contribution is -2.49. The number of hydrogen-bond donors (Lipinski definition) is 1. The normalized spacial score (nSPS) is 18.1. The second kappa shape index (κ2) is 10.6. The Morgan fingerprint density at radius 1 is 0.969 bits per heavy atom. The van der Waals surface area contributed by atoms with Crippen LogP contribution in [0.3, 0.4) is 0 Å². The molecule has 0 aliphatic carbocycles. The number of benzene rings is 2. The highest BCUT2D eigenvalue weighted by atomic mass is 16.5. The molecule has 1 aliphatic rings. The molecule has 4 rings (SSSR count). The number of ether oxygens (including phenoxy) is 1. The van der Waals surface area contributed by atoms with Crippen LogP contribution >= 0.6 is 0 Å². The molecule has 0 saturated carbocycles. The zero-order chi connectivity index (χ0) is 22.2. The van der Waals surface area contributed by atoms with E-state index in [-0.39, 0.29) is 30.3 Å². The number of likely N-dealkylation sites (tertiary alicyclic amines) is 1. The summed E-state index contributed by atoms with van der Waals surface area (Å²) in [5.41, 5.74) is 2.08. The van der Waals surface area contributed by atoms with E-state index in [2.05, 4.69) is 22.4 Å². The fourth-order valence-electron chi connectivity index (χ4n) is 4.05. The molecule has 1 fully saturated rings. The van der Waals surface area contributed by atoms with Gasteiger partial charge in [-0.15, -0.1) is 0 Å². The molecule has 32 heavy (non-hydrogen) atoms.